The highest BCUT2D eigenvalue weighted by Gasteiger charge is 2.04. The molecule has 0 radical (unpaired) electrons. The van der Waals surface area contributed by atoms with Crippen molar-refractivity contribution in [1.82, 2.24) is 0 Å². The standard InChI is InChI=1S/C21H24N2OS/c1-15-6-11-19(22-17(3)24)14-21(15)25-16(2)7-8-18-9-12-20(13-10-18)23(4)5/h6-14H,2H2,1,3-5H3,(H,22,24)/b8-7+. The highest BCUT2D eigenvalue weighted by atomic mass is 32.2. The zero-order valence-electron chi connectivity index (χ0n) is 15.2. The summed E-state index contributed by atoms with van der Waals surface area (Å²) in [4.78, 5) is 15.3. The molecule has 0 aliphatic heterocycles. The molecule has 0 aromatic heterocycles. The van der Waals surface area contributed by atoms with Crippen molar-refractivity contribution < 1.29 is 4.79 Å². The van der Waals surface area contributed by atoms with Crippen LogP contribution in [0.3, 0.4) is 0 Å². The van der Waals surface area contributed by atoms with Gasteiger partial charge in [-0.25, -0.2) is 0 Å². The SMILES string of the molecule is C=C(/C=C/c1ccc(N(C)C)cc1)Sc1cc(NC(C)=O)ccc1C. The van der Waals surface area contributed by atoms with E-state index >= 15 is 0 Å². The maximum Gasteiger partial charge on any atom is 0.221 e. The van der Waals surface area contributed by atoms with Gasteiger partial charge >= 0.3 is 0 Å². The first-order valence-electron chi connectivity index (χ1n) is 8.05. The van der Waals surface area contributed by atoms with Crippen molar-refractivity contribution >= 4 is 35.1 Å². The second-order valence-electron chi connectivity index (χ2n) is 6.05. The highest BCUT2D eigenvalue weighted by Crippen LogP contribution is 2.31. The molecule has 0 aliphatic carbocycles. The number of rotatable bonds is 6. The van der Waals surface area contributed by atoms with E-state index < -0.39 is 0 Å². The topological polar surface area (TPSA) is 32.3 Å². The zero-order valence-corrected chi connectivity index (χ0v) is 16.0. The van der Waals surface area contributed by atoms with Crippen LogP contribution in [0.2, 0.25) is 0 Å². The molecule has 2 aromatic carbocycles. The van der Waals surface area contributed by atoms with Gasteiger partial charge in [-0.3, -0.25) is 4.79 Å². The van der Waals surface area contributed by atoms with E-state index in [-0.39, 0.29) is 5.91 Å². The van der Waals surface area contributed by atoms with Gasteiger partial charge in [0.2, 0.25) is 5.91 Å². The Kier molecular flexibility index (Phi) is 6.48. The lowest BCUT2D eigenvalue weighted by atomic mass is 10.2. The number of hydrogen-bond acceptors (Lipinski definition) is 3. The van der Waals surface area contributed by atoms with E-state index in [1.807, 2.05) is 38.4 Å². The van der Waals surface area contributed by atoms with Crippen LogP contribution in [0.1, 0.15) is 18.1 Å². The Morgan fingerprint density at radius 3 is 2.44 bits per heavy atom. The fraction of sp³-hybridized carbons (Fsp3) is 0.190. The van der Waals surface area contributed by atoms with Crippen LogP contribution in [0, 0.1) is 6.92 Å². The monoisotopic (exact) mass is 352 g/mol. The van der Waals surface area contributed by atoms with Crippen LogP contribution in [0.4, 0.5) is 11.4 Å². The number of nitrogens with one attached hydrogen (secondary N) is 1. The van der Waals surface area contributed by atoms with Gasteiger partial charge in [-0.05, 0) is 48.4 Å². The molecule has 0 aliphatic rings. The zero-order chi connectivity index (χ0) is 18.4. The van der Waals surface area contributed by atoms with E-state index in [1.54, 1.807) is 11.8 Å². The minimum Gasteiger partial charge on any atom is -0.378 e. The Hall–Kier alpha value is -2.46. The van der Waals surface area contributed by atoms with Crippen LogP contribution in [0.5, 0.6) is 0 Å². The number of anilines is 2. The van der Waals surface area contributed by atoms with Crippen molar-refractivity contribution in [2.24, 2.45) is 0 Å². The quantitative estimate of drug-likeness (QED) is 0.563. The molecule has 0 saturated heterocycles. The molecule has 0 bridgehead atoms. The molecule has 0 unspecified atom stereocenters. The van der Waals surface area contributed by atoms with Crippen molar-refractivity contribution in [2.45, 2.75) is 18.7 Å². The van der Waals surface area contributed by atoms with Gasteiger partial charge in [0.05, 0.1) is 0 Å². The Morgan fingerprint density at radius 2 is 1.84 bits per heavy atom. The summed E-state index contributed by atoms with van der Waals surface area (Å²) in [7, 11) is 4.06. The average Bonchev–Trinajstić information content (AvgIpc) is 2.56. The third kappa shape index (κ3) is 5.84. The first-order valence-corrected chi connectivity index (χ1v) is 8.87. The number of amides is 1. The van der Waals surface area contributed by atoms with Gasteiger partial charge in [-0.15, -0.1) is 0 Å². The predicted molar refractivity (Wildman–Crippen MR) is 110 cm³/mol. The van der Waals surface area contributed by atoms with E-state index in [2.05, 4.69) is 54.1 Å². The Morgan fingerprint density at radius 1 is 1.16 bits per heavy atom. The number of nitrogens with zero attached hydrogens (tertiary/aromatic N) is 1. The lowest BCUT2D eigenvalue weighted by Gasteiger charge is -2.11. The molecule has 2 rings (SSSR count). The summed E-state index contributed by atoms with van der Waals surface area (Å²) in [5, 5.41) is 2.81. The van der Waals surface area contributed by atoms with E-state index in [1.165, 1.54) is 12.6 Å². The van der Waals surface area contributed by atoms with Crippen molar-refractivity contribution in [2.75, 3.05) is 24.3 Å². The number of aryl methyl sites for hydroxylation is 1. The minimum absolute atomic E-state index is 0.0697. The summed E-state index contributed by atoms with van der Waals surface area (Å²) in [6, 6.07) is 14.3. The van der Waals surface area contributed by atoms with Crippen molar-refractivity contribution in [3.8, 4) is 0 Å². The van der Waals surface area contributed by atoms with Crippen LogP contribution >= 0.6 is 11.8 Å². The smallest absolute Gasteiger partial charge is 0.221 e. The van der Waals surface area contributed by atoms with Gasteiger partial charge in [0.25, 0.3) is 0 Å². The fourth-order valence-electron chi connectivity index (χ4n) is 2.24. The Labute approximate surface area is 154 Å². The molecule has 0 atom stereocenters. The lowest BCUT2D eigenvalue weighted by Crippen LogP contribution is -2.07. The van der Waals surface area contributed by atoms with Gasteiger partial charge in [0.1, 0.15) is 0 Å². The van der Waals surface area contributed by atoms with Crippen molar-refractivity contribution in [1.29, 1.82) is 0 Å². The molecule has 0 spiro atoms. The minimum atomic E-state index is -0.0697. The summed E-state index contributed by atoms with van der Waals surface area (Å²) in [6.45, 7) is 7.69. The molecule has 1 N–H and O–H groups in total. The van der Waals surface area contributed by atoms with Crippen LogP contribution in [0.25, 0.3) is 6.08 Å². The van der Waals surface area contributed by atoms with Crippen LogP contribution < -0.4 is 10.2 Å². The van der Waals surface area contributed by atoms with Gasteiger partial charge in [0.15, 0.2) is 0 Å². The molecule has 130 valence electrons. The summed E-state index contributed by atoms with van der Waals surface area (Å²) in [5.74, 6) is -0.0697. The summed E-state index contributed by atoms with van der Waals surface area (Å²) >= 11 is 1.60. The summed E-state index contributed by atoms with van der Waals surface area (Å²) < 4.78 is 0. The van der Waals surface area contributed by atoms with Crippen molar-refractivity contribution in [3.05, 3.63) is 71.2 Å². The van der Waals surface area contributed by atoms with Gasteiger partial charge < -0.3 is 10.2 Å². The van der Waals surface area contributed by atoms with E-state index in [0.717, 1.165) is 26.6 Å². The summed E-state index contributed by atoms with van der Waals surface area (Å²) in [6.07, 6.45) is 4.07. The van der Waals surface area contributed by atoms with Gasteiger partial charge in [-0.1, -0.05) is 42.6 Å². The highest BCUT2D eigenvalue weighted by molar-refractivity contribution is 8.03. The normalized spacial score (nSPS) is 10.7. The number of thioether (sulfide) groups is 1. The number of carbonyl (C=O) groups is 1. The predicted octanol–water partition coefficient (Wildman–Crippen LogP) is 5.34. The van der Waals surface area contributed by atoms with E-state index in [9.17, 15) is 4.79 Å². The molecule has 25 heavy (non-hydrogen) atoms. The molecular weight excluding hydrogens is 328 g/mol. The fourth-order valence-corrected chi connectivity index (χ4v) is 3.07. The van der Waals surface area contributed by atoms with Gasteiger partial charge in [-0.2, -0.15) is 0 Å². The van der Waals surface area contributed by atoms with Crippen LogP contribution in [-0.4, -0.2) is 20.0 Å². The second kappa shape index (κ2) is 8.58. The Balaban J connectivity index is 2.05. The third-order valence-corrected chi connectivity index (χ3v) is 4.68. The number of benzene rings is 2. The first-order chi connectivity index (χ1) is 11.8. The third-order valence-electron chi connectivity index (χ3n) is 3.62. The Bertz CT molecular complexity index is 792. The molecule has 0 saturated carbocycles. The van der Waals surface area contributed by atoms with E-state index in [0.29, 0.717) is 0 Å². The molecule has 3 nitrogen and oxygen atoms in total. The number of allylic oxidation sites excluding steroid dienone is 1. The average molecular weight is 353 g/mol. The largest absolute Gasteiger partial charge is 0.378 e. The molecule has 0 heterocycles. The summed E-state index contributed by atoms with van der Waals surface area (Å²) in [5.41, 5.74) is 4.27. The number of hydrogen-bond donors (Lipinski definition) is 1. The second-order valence-corrected chi connectivity index (χ2v) is 7.22. The van der Waals surface area contributed by atoms with Crippen LogP contribution in [-0.2, 0) is 4.79 Å². The van der Waals surface area contributed by atoms with Crippen molar-refractivity contribution in [3.63, 3.8) is 0 Å². The van der Waals surface area contributed by atoms with Gasteiger partial charge in [0, 0.05) is 42.2 Å². The van der Waals surface area contributed by atoms with Crippen LogP contribution in [0.15, 0.2) is 64.9 Å². The maximum absolute atomic E-state index is 11.2. The lowest BCUT2D eigenvalue weighted by molar-refractivity contribution is -0.114. The number of carbonyl (C=O) groups excluding carboxylic acids is 1. The molecule has 0 fully saturated rings. The molecule has 1 amide bonds. The maximum atomic E-state index is 11.2. The first kappa shape index (κ1) is 18.9. The molecule has 4 heteroatoms. The molecular formula is C21H24N2OS. The van der Waals surface area contributed by atoms with E-state index in [4.69, 9.17) is 0 Å². The molecule has 2 aromatic rings.